The number of carbonyl (C=O) groups is 1. The highest BCUT2D eigenvalue weighted by molar-refractivity contribution is 8.18. The van der Waals surface area contributed by atoms with Gasteiger partial charge in [0.1, 0.15) is 5.75 Å². The van der Waals surface area contributed by atoms with E-state index in [1.807, 2.05) is 66.9 Å². The van der Waals surface area contributed by atoms with Crippen LogP contribution in [0.3, 0.4) is 0 Å². The van der Waals surface area contributed by atoms with E-state index in [1.165, 1.54) is 22.7 Å². The minimum absolute atomic E-state index is 0.0474. The van der Waals surface area contributed by atoms with Gasteiger partial charge in [-0.25, -0.2) is 4.99 Å². The van der Waals surface area contributed by atoms with Crippen molar-refractivity contribution in [2.24, 2.45) is 4.99 Å². The number of aromatic nitrogens is 1. The topological polar surface area (TPSA) is 70.2 Å². The summed E-state index contributed by atoms with van der Waals surface area (Å²) in [7, 11) is 1.67. The van der Waals surface area contributed by atoms with Crippen LogP contribution in [0.4, 0.5) is 11.4 Å². The summed E-state index contributed by atoms with van der Waals surface area (Å²) in [5.41, 5.74) is 5.05. The van der Waals surface area contributed by atoms with Gasteiger partial charge in [-0.1, -0.05) is 36.4 Å². The molecule has 198 valence electrons. The fraction of sp³-hybridized carbons (Fsp3) is 0.226. The summed E-state index contributed by atoms with van der Waals surface area (Å²) in [5.74, 6) is 0.688. The van der Waals surface area contributed by atoms with Crippen molar-refractivity contribution in [3.05, 3.63) is 95.0 Å². The van der Waals surface area contributed by atoms with Gasteiger partial charge in [0.25, 0.3) is 5.91 Å². The number of amides is 1. The van der Waals surface area contributed by atoms with E-state index in [0.29, 0.717) is 16.6 Å². The first-order chi connectivity index (χ1) is 19.2. The number of amidine groups is 1. The van der Waals surface area contributed by atoms with Crippen molar-refractivity contribution < 1.29 is 14.3 Å². The Bertz CT molecular complexity index is 1540. The Hall–Kier alpha value is -4.01. The lowest BCUT2D eigenvalue weighted by Crippen LogP contribution is -2.36. The number of aromatic amines is 1. The number of rotatable bonds is 7. The molecule has 2 saturated heterocycles. The Morgan fingerprint density at radius 1 is 1.05 bits per heavy atom. The largest absolute Gasteiger partial charge is 0.496 e. The van der Waals surface area contributed by atoms with Gasteiger partial charge in [-0.2, -0.15) is 0 Å². The quantitative estimate of drug-likeness (QED) is 0.299. The molecule has 1 aromatic heterocycles. The smallest absolute Gasteiger partial charge is 0.266 e. The van der Waals surface area contributed by atoms with Crippen LogP contribution in [0.15, 0.2) is 88.9 Å². The van der Waals surface area contributed by atoms with Gasteiger partial charge in [-0.3, -0.25) is 9.69 Å². The van der Waals surface area contributed by atoms with E-state index >= 15 is 0 Å². The fourth-order valence-electron chi connectivity index (χ4n) is 4.95. The summed E-state index contributed by atoms with van der Waals surface area (Å²) in [4.78, 5) is 26.6. The first-order valence-electron chi connectivity index (χ1n) is 13.1. The van der Waals surface area contributed by atoms with E-state index in [9.17, 15) is 4.79 Å². The van der Waals surface area contributed by atoms with Crippen molar-refractivity contribution in [3.8, 4) is 5.75 Å². The number of ether oxygens (including phenoxy) is 2. The zero-order valence-electron chi connectivity index (χ0n) is 21.8. The maximum absolute atomic E-state index is 13.7. The van der Waals surface area contributed by atoms with Crippen LogP contribution in [0.5, 0.6) is 5.75 Å². The van der Waals surface area contributed by atoms with Gasteiger partial charge in [0, 0.05) is 54.1 Å². The summed E-state index contributed by atoms with van der Waals surface area (Å²) >= 11 is 1.41. The van der Waals surface area contributed by atoms with Crippen molar-refractivity contribution in [2.75, 3.05) is 44.9 Å². The normalized spacial score (nSPS) is 18.0. The Morgan fingerprint density at radius 3 is 2.67 bits per heavy atom. The van der Waals surface area contributed by atoms with E-state index in [4.69, 9.17) is 14.5 Å². The third-order valence-corrected chi connectivity index (χ3v) is 8.04. The highest BCUT2D eigenvalue weighted by Crippen LogP contribution is 2.37. The van der Waals surface area contributed by atoms with Gasteiger partial charge in [0.05, 0.1) is 30.9 Å². The summed E-state index contributed by atoms with van der Waals surface area (Å²) < 4.78 is 11.2. The molecule has 2 aliphatic rings. The summed E-state index contributed by atoms with van der Waals surface area (Å²) in [6.07, 6.45) is 4.67. The van der Waals surface area contributed by atoms with Crippen LogP contribution in [-0.2, 0) is 16.0 Å². The zero-order chi connectivity index (χ0) is 26.6. The maximum Gasteiger partial charge on any atom is 0.266 e. The number of carbonyl (C=O) groups excluding carboxylic acids is 1. The molecular weight excluding hydrogens is 508 g/mol. The molecule has 2 fully saturated rings. The van der Waals surface area contributed by atoms with Gasteiger partial charge in [-0.15, -0.1) is 0 Å². The van der Waals surface area contributed by atoms with Crippen molar-refractivity contribution >= 4 is 51.2 Å². The van der Waals surface area contributed by atoms with Gasteiger partial charge < -0.3 is 19.4 Å². The standard InChI is InChI=1S/C31H30N4O3S/c1-37-28-20-25(34-15-17-38-18-16-34)12-11-22(28)19-29-30(36)35(31(39-29)33-24-7-3-2-4-8-24)14-13-23-21-32-27-10-6-5-9-26(23)27/h2-12,19-21,32H,13-18H2,1H3. The number of aliphatic imine (C=N–C) groups is 1. The average molecular weight is 539 g/mol. The van der Waals surface area contributed by atoms with E-state index in [-0.39, 0.29) is 5.91 Å². The van der Waals surface area contributed by atoms with Crippen molar-refractivity contribution in [2.45, 2.75) is 6.42 Å². The number of para-hydroxylation sites is 2. The Morgan fingerprint density at radius 2 is 1.85 bits per heavy atom. The molecule has 0 unspecified atom stereocenters. The minimum atomic E-state index is -0.0474. The molecule has 0 aliphatic carbocycles. The van der Waals surface area contributed by atoms with Crippen LogP contribution in [0.2, 0.25) is 0 Å². The second kappa shape index (κ2) is 11.4. The Labute approximate surface area is 232 Å². The van der Waals surface area contributed by atoms with E-state index < -0.39 is 0 Å². The monoisotopic (exact) mass is 538 g/mol. The molecule has 0 atom stereocenters. The number of nitrogens with zero attached hydrogens (tertiary/aromatic N) is 3. The number of hydrogen-bond acceptors (Lipinski definition) is 6. The Kier molecular flexibility index (Phi) is 7.38. The van der Waals surface area contributed by atoms with E-state index in [1.54, 1.807) is 12.0 Å². The van der Waals surface area contributed by atoms with Crippen LogP contribution >= 0.6 is 11.8 Å². The lowest BCUT2D eigenvalue weighted by molar-refractivity contribution is -0.122. The Balaban J connectivity index is 1.29. The number of nitrogens with one attached hydrogen (secondary N) is 1. The number of benzene rings is 3. The molecule has 39 heavy (non-hydrogen) atoms. The minimum Gasteiger partial charge on any atom is -0.496 e. The molecule has 0 radical (unpaired) electrons. The van der Waals surface area contributed by atoms with E-state index in [0.717, 1.165) is 60.9 Å². The lowest BCUT2D eigenvalue weighted by atomic mass is 10.1. The van der Waals surface area contributed by atoms with Crippen molar-refractivity contribution in [3.63, 3.8) is 0 Å². The highest BCUT2D eigenvalue weighted by atomic mass is 32.2. The van der Waals surface area contributed by atoms with Crippen LogP contribution in [-0.4, -0.2) is 60.9 Å². The summed E-state index contributed by atoms with van der Waals surface area (Å²) in [6, 6.07) is 24.1. The molecule has 3 heterocycles. The molecule has 6 rings (SSSR count). The number of fused-ring (bicyclic) bond motifs is 1. The molecule has 2 aliphatic heterocycles. The molecule has 3 aromatic carbocycles. The average Bonchev–Trinajstić information content (AvgIpc) is 3.53. The second-order valence-electron chi connectivity index (χ2n) is 9.43. The van der Waals surface area contributed by atoms with Crippen LogP contribution in [0.25, 0.3) is 17.0 Å². The first kappa shape index (κ1) is 25.3. The van der Waals surface area contributed by atoms with Crippen molar-refractivity contribution in [1.29, 1.82) is 0 Å². The molecule has 1 N–H and O–H groups in total. The SMILES string of the molecule is COc1cc(N2CCOCC2)ccc1C=C1SC(=Nc2ccccc2)N(CCc2c[nH]c3ccccc23)C1=O. The molecule has 7 nitrogen and oxygen atoms in total. The van der Waals surface area contributed by atoms with Gasteiger partial charge >= 0.3 is 0 Å². The molecular formula is C31H30N4O3S. The predicted molar refractivity (Wildman–Crippen MR) is 159 cm³/mol. The predicted octanol–water partition coefficient (Wildman–Crippen LogP) is 5.86. The zero-order valence-corrected chi connectivity index (χ0v) is 22.6. The summed E-state index contributed by atoms with van der Waals surface area (Å²) in [6.45, 7) is 3.67. The molecule has 8 heteroatoms. The van der Waals surface area contributed by atoms with Crippen LogP contribution < -0.4 is 9.64 Å². The van der Waals surface area contributed by atoms with Crippen molar-refractivity contribution in [1.82, 2.24) is 9.88 Å². The number of anilines is 1. The number of H-pyrrole nitrogens is 1. The number of methoxy groups -OCH3 is 1. The lowest BCUT2D eigenvalue weighted by Gasteiger charge is -2.29. The van der Waals surface area contributed by atoms with Crippen LogP contribution in [0, 0.1) is 0 Å². The molecule has 0 spiro atoms. The number of thioether (sulfide) groups is 1. The second-order valence-corrected chi connectivity index (χ2v) is 10.4. The first-order valence-corrected chi connectivity index (χ1v) is 13.9. The third-order valence-electron chi connectivity index (χ3n) is 7.03. The fourth-order valence-corrected chi connectivity index (χ4v) is 5.97. The van der Waals surface area contributed by atoms with E-state index in [2.05, 4.69) is 28.1 Å². The molecule has 4 aromatic rings. The molecule has 0 saturated carbocycles. The number of morpholine rings is 1. The van der Waals surface area contributed by atoms with Gasteiger partial charge in [-0.05, 0) is 60.2 Å². The van der Waals surface area contributed by atoms with Gasteiger partial charge in [0.2, 0.25) is 0 Å². The molecule has 1 amide bonds. The maximum atomic E-state index is 13.7. The number of hydrogen-bond donors (Lipinski definition) is 1. The summed E-state index contributed by atoms with van der Waals surface area (Å²) in [5, 5.41) is 1.86. The van der Waals surface area contributed by atoms with Crippen LogP contribution in [0.1, 0.15) is 11.1 Å². The highest BCUT2D eigenvalue weighted by Gasteiger charge is 2.33. The third kappa shape index (κ3) is 5.44. The molecule has 0 bridgehead atoms. The van der Waals surface area contributed by atoms with Gasteiger partial charge in [0.15, 0.2) is 5.17 Å².